The Morgan fingerprint density at radius 2 is 1.80 bits per heavy atom. The van der Waals surface area contributed by atoms with Crippen molar-refractivity contribution in [2.45, 2.75) is 26.8 Å². The van der Waals surface area contributed by atoms with Crippen LogP contribution in [0.1, 0.15) is 23.1 Å². The van der Waals surface area contributed by atoms with E-state index in [-0.39, 0.29) is 0 Å². The molecule has 1 N–H and O–H groups in total. The Bertz CT molecular complexity index is 522. The van der Waals surface area contributed by atoms with Crippen LogP contribution in [0.2, 0.25) is 0 Å². The highest BCUT2D eigenvalue weighted by Gasteiger charge is 1.98. The SMILES string of the molecule is Cc1ccc(CNCCCOc2ccccc2)c(C)c1. The first kappa shape index (κ1) is 14.6. The lowest BCUT2D eigenvalue weighted by Crippen LogP contribution is -2.17. The molecule has 0 aliphatic carbocycles. The van der Waals surface area contributed by atoms with E-state index in [4.69, 9.17) is 4.74 Å². The van der Waals surface area contributed by atoms with Crippen molar-refractivity contribution in [3.63, 3.8) is 0 Å². The van der Waals surface area contributed by atoms with E-state index in [9.17, 15) is 0 Å². The van der Waals surface area contributed by atoms with Crippen LogP contribution in [-0.4, -0.2) is 13.2 Å². The van der Waals surface area contributed by atoms with E-state index in [1.54, 1.807) is 0 Å². The Hall–Kier alpha value is -1.80. The van der Waals surface area contributed by atoms with Crippen molar-refractivity contribution < 1.29 is 4.74 Å². The Labute approximate surface area is 121 Å². The van der Waals surface area contributed by atoms with Gasteiger partial charge in [-0.3, -0.25) is 0 Å². The van der Waals surface area contributed by atoms with E-state index in [0.29, 0.717) is 0 Å². The van der Waals surface area contributed by atoms with Gasteiger partial charge in [0, 0.05) is 6.54 Å². The van der Waals surface area contributed by atoms with Crippen LogP contribution in [0.15, 0.2) is 48.5 Å². The molecule has 0 saturated carbocycles. The molecule has 0 heterocycles. The van der Waals surface area contributed by atoms with Gasteiger partial charge in [-0.2, -0.15) is 0 Å². The quantitative estimate of drug-likeness (QED) is 0.771. The maximum atomic E-state index is 5.66. The summed E-state index contributed by atoms with van der Waals surface area (Å²) in [5, 5.41) is 3.47. The molecular weight excluding hydrogens is 246 g/mol. The zero-order valence-corrected chi connectivity index (χ0v) is 12.4. The molecule has 106 valence electrons. The lowest BCUT2D eigenvalue weighted by Gasteiger charge is -2.09. The Kier molecular flexibility index (Phi) is 5.63. The van der Waals surface area contributed by atoms with E-state index < -0.39 is 0 Å². The summed E-state index contributed by atoms with van der Waals surface area (Å²) in [6.45, 7) is 6.95. The standard InChI is InChI=1S/C18H23NO/c1-15-9-10-17(16(2)13-15)14-19-11-6-12-20-18-7-4-3-5-8-18/h3-5,7-10,13,19H,6,11-12,14H2,1-2H3. The average molecular weight is 269 g/mol. The predicted octanol–water partition coefficient (Wildman–Crippen LogP) is 3.86. The minimum atomic E-state index is 0.754. The van der Waals surface area contributed by atoms with Gasteiger partial charge in [0.05, 0.1) is 6.61 Å². The summed E-state index contributed by atoms with van der Waals surface area (Å²) in [7, 11) is 0. The molecule has 0 aromatic heterocycles. The fourth-order valence-corrected chi connectivity index (χ4v) is 2.17. The third-order valence-electron chi connectivity index (χ3n) is 3.32. The summed E-state index contributed by atoms with van der Waals surface area (Å²) in [6.07, 6.45) is 1.01. The van der Waals surface area contributed by atoms with Crippen LogP contribution in [0.25, 0.3) is 0 Å². The molecule has 0 bridgehead atoms. The van der Waals surface area contributed by atoms with Crippen molar-refractivity contribution in [1.29, 1.82) is 0 Å². The summed E-state index contributed by atoms with van der Waals surface area (Å²) < 4.78 is 5.66. The van der Waals surface area contributed by atoms with Gasteiger partial charge in [-0.1, -0.05) is 42.0 Å². The number of nitrogens with one attached hydrogen (secondary N) is 1. The maximum absolute atomic E-state index is 5.66. The van der Waals surface area contributed by atoms with Crippen molar-refractivity contribution in [2.24, 2.45) is 0 Å². The zero-order chi connectivity index (χ0) is 14.2. The monoisotopic (exact) mass is 269 g/mol. The highest BCUT2D eigenvalue weighted by atomic mass is 16.5. The highest BCUT2D eigenvalue weighted by Crippen LogP contribution is 2.10. The molecule has 0 unspecified atom stereocenters. The second kappa shape index (κ2) is 7.71. The van der Waals surface area contributed by atoms with E-state index in [0.717, 1.165) is 31.9 Å². The van der Waals surface area contributed by atoms with Crippen LogP contribution in [0.5, 0.6) is 5.75 Å². The molecule has 2 aromatic rings. The van der Waals surface area contributed by atoms with Crippen molar-refractivity contribution in [1.82, 2.24) is 5.32 Å². The van der Waals surface area contributed by atoms with E-state index in [1.165, 1.54) is 16.7 Å². The molecule has 2 heteroatoms. The van der Waals surface area contributed by atoms with E-state index in [1.807, 2.05) is 30.3 Å². The number of ether oxygens (including phenoxy) is 1. The van der Waals surface area contributed by atoms with Gasteiger partial charge in [0.1, 0.15) is 5.75 Å². The summed E-state index contributed by atoms with van der Waals surface area (Å²) >= 11 is 0. The third kappa shape index (κ3) is 4.71. The number of hydrogen-bond donors (Lipinski definition) is 1. The molecular formula is C18H23NO. The highest BCUT2D eigenvalue weighted by molar-refractivity contribution is 5.30. The molecule has 0 aliphatic heterocycles. The van der Waals surface area contributed by atoms with Crippen molar-refractivity contribution in [2.75, 3.05) is 13.2 Å². The number of rotatable bonds is 7. The summed E-state index contributed by atoms with van der Waals surface area (Å²) in [5.74, 6) is 0.946. The minimum absolute atomic E-state index is 0.754. The minimum Gasteiger partial charge on any atom is -0.494 e. The van der Waals surface area contributed by atoms with Gasteiger partial charge in [-0.05, 0) is 50.1 Å². The van der Waals surface area contributed by atoms with Crippen molar-refractivity contribution in [3.05, 3.63) is 65.2 Å². The topological polar surface area (TPSA) is 21.3 Å². The van der Waals surface area contributed by atoms with Gasteiger partial charge in [-0.15, -0.1) is 0 Å². The largest absolute Gasteiger partial charge is 0.494 e. The van der Waals surface area contributed by atoms with E-state index in [2.05, 4.69) is 37.4 Å². The molecule has 0 atom stereocenters. The molecule has 2 nitrogen and oxygen atoms in total. The summed E-state index contributed by atoms with van der Waals surface area (Å²) in [5.41, 5.74) is 4.06. The van der Waals surface area contributed by atoms with Crippen LogP contribution in [-0.2, 0) is 6.54 Å². The van der Waals surface area contributed by atoms with Gasteiger partial charge >= 0.3 is 0 Å². The van der Waals surface area contributed by atoms with Gasteiger partial charge in [-0.25, -0.2) is 0 Å². The Morgan fingerprint density at radius 3 is 2.55 bits per heavy atom. The summed E-state index contributed by atoms with van der Waals surface area (Å²) in [6, 6.07) is 16.6. The number of para-hydroxylation sites is 1. The molecule has 0 fully saturated rings. The van der Waals surface area contributed by atoms with Crippen LogP contribution >= 0.6 is 0 Å². The molecule has 0 aliphatic rings. The van der Waals surface area contributed by atoms with Gasteiger partial charge < -0.3 is 10.1 Å². The fourth-order valence-electron chi connectivity index (χ4n) is 2.17. The van der Waals surface area contributed by atoms with Gasteiger partial charge in [0.2, 0.25) is 0 Å². The average Bonchev–Trinajstić information content (AvgIpc) is 2.46. The molecule has 0 radical (unpaired) electrons. The van der Waals surface area contributed by atoms with Crippen LogP contribution in [0.4, 0.5) is 0 Å². The molecule has 20 heavy (non-hydrogen) atoms. The third-order valence-corrected chi connectivity index (χ3v) is 3.32. The molecule has 0 amide bonds. The first-order valence-corrected chi connectivity index (χ1v) is 7.20. The maximum Gasteiger partial charge on any atom is 0.119 e. The second-order valence-electron chi connectivity index (χ2n) is 5.12. The normalized spacial score (nSPS) is 10.5. The number of hydrogen-bond acceptors (Lipinski definition) is 2. The zero-order valence-electron chi connectivity index (χ0n) is 12.4. The Balaban J connectivity index is 1.62. The van der Waals surface area contributed by atoms with E-state index >= 15 is 0 Å². The molecule has 0 saturated heterocycles. The Morgan fingerprint density at radius 1 is 1.00 bits per heavy atom. The lowest BCUT2D eigenvalue weighted by molar-refractivity contribution is 0.308. The molecule has 0 spiro atoms. The molecule has 2 aromatic carbocycles. The van der Waals surface area contributed by atoms with Crippen LogP contribution in [0, 0.1) is 13.8 Å². The lowest BCUT2D eigenvalue weighted by atomic mass is 10.1. The fraction of sp³-hybridized carbons (Fsp3) is 0.333. The van der Waals surface area contributed by atoms with Gasteiger partial charge in [0.25, 0.3) is 0 Å². The number of aryl methyl sites for hydroxylation is 2. The van der Waals surface area contributed by atoms with Crippen LogP contribution < -0.4 is 10.1 Å². The first-order chi connectivity index (χ1) is 9.75. The second-order valence-corrected chi connectivity index (χ2v) is 5.12. The summed E-state index contributed by atoms with van der Waals surface area (Å²) in [4.78, 5) is 0. The van der Waals surface area contributed by atoms with Gasteiger partial charge in [0.15, 0.2) is 0 Å². The van der Waals surface area contributed by atoms with Crippen molar-refractivity contribution >= 4 is 0 Å². The smallest absolute Gasteiger partial charge is 0.119 e. The molecule has 2 rings (SSSR count). The van der Waals surface area contributed by atoms with Crippen molar-refractivity contribution in [3.8, 4) is 5.75 Å². The number of benzene rings is 2. The predicted molar refractivity (Wildman–Crippen MR) is 84.2 cm³/mol. The first-order valence-electron chi connectivity index (χ1n) is 7.20. The van der Waals surface area contributed by atoms with Crippen LogP contribution in [0.3, 0.4) is 0 Å².